The van der Waals surface area contributed by atoms with E-state index in [1.165, 1.54) is 0 Å². The smallest absolute Gasteiger partial charge is 0.206 e. The second-order valence-electron chi connectivity index (χ2n) is 6.78. The van der Waals surface area contributed by atoms with E-state index < -0.39 is 5.60 Å². The maximum absolute atomic E-state index is 10.4. The monoisotopic (exact) mass is 381 g/mol. The first kappa shape index (κ1) is 23.0. The summed E-state index contributed by atoms with van der Waals surface area (Å²) in [5, 5.41) is 10.4. The first-order chi connectivity index (χ1) is 12.8. The van der Waals surface area contributed by atoms with Crippen LogP contribution in [-0.2, 0) is 11.3 Å². The molecule has 2 aromatic heterocycles. The van der Waals surface area contributed by atoms with E-state index >= 15 is 0 Å². The molecule has 27 heavy (non-hydrogen) atoms. The number of imidazole rings is 1. The van der Waals surface area contributed by atoms with Gasteiger partial charge in [-0.15, -0.1) is 0 Å². The molecule has 0 unspecified atom stereocenters. The second kappa shape index (κ2) is 10.3. The van der Waals surface area contributed by atoms with Gasteiger partial charge in [-0.05, 0) is 20.3 Å². The molecule has 0 aliphatic rings. The number of nitrogens with two attached hydrogens (primary N) is 1. The summed E-state index contributed by atoms with van der Waals surface area (Å²) in [6.45, 7) is 11.7. The summed E-state index contributed by atoms with van der Waals surface area (Å²) in [4.78, 5) is 10.9. The molecule has 0 aromatic carbocycles. The SMILES string of the molecule is CC.CCCN(C)c1nc2c(N)ncc(OCCOC)c2n1CC(C)(C)O. The molecular weight excluding hydrogens is 346 g/mol. The average molecular weight is 382 g/mol. The molecule has 0 radical (unpaired) electrons. The number of nitrogen functional groups attached to an aromatic ring is 1. The fourth-order valence-corrected chi connectivity index (χ4v) is 2.72. The number of aromatic nitrogens is 3. The van der Waals surface area contributed by atoms with Crippen molar-refractivity contribution in [1.82, 2.24) is 14.5 Å². The molecule has 0 atom stereocenters. The molecule has 0 aliphatic heterocycles. The molecule has 3 N–H and O–H groups in total. The Morgan fingerprint density at radius 2 is 1.96 bits per heavy atom. The minimum atomic E-state index is -0.919. The number of ether oxygens (including phenoxy) is 2. The van der Waals surface area contributed by atoms with Gasteiger partial charge in [0.25, 0.3) is 0 Å². The van der Waals surface area contributed by atoms with Crippen molar-refractivity contribution in [2.45, 2.75) is 53.2 Å². The van der Waals surface area contributed by atoms with Crippen molar-refractivity contribution in [1.29, 1.82) is 0 Å². The third-order valence-electron chi connectivity index (χ3n) is 3.73. The van der Waals surface area contributed by atoms with Gasteiger partial charge in [0.05, 0.1) is 24.9 Å². The number of aliphatic hydroxyl groups is 1. The Morgan fingerprint density at radius 1 is 1.30 bits per heavy atom. The van der Waals surface area contributed by atoms with E-state index in [1.807, 2.05) is 30.4 Å². The largest absolute Gasteiger partial charge is 0.487 e. The summed E-state index contributed by atoms with van der Waals surface area (Å²) >= 11 is 0. The molecular formula is C19H35N5O3. The van der Waals surface area contributed by atoms with E-state index in [-0.39, 0.29) is 0 Å². The minimum Gasteiger partial charge on any atom is -0.487 e. The van der Waals surface area contributed by atoms with E-state index in [2.05, 4.69) is 16.9 Å². The van der Waals surface area contributed by atoms with Crippen molar-refractivity contribution in [3.8, 4) is 5.75 Å². The Morgan fingerprint density at radius 3 is 2.52 bits per heavy atom. The maximum Gasteiger partial charge on any atom is 0.206 e. The van der Waals surface area contributed by atoms with Crippen LogP contribution in [0.5, 0.6) is 5.75 Å². The Bertz CT molecular complexity index is 709. The highest BCUT2D eigenvalue weighted by molar-refractivity contribution is 5.91. The van der Waals surface area contributed by atoms with Crippen LogP contribution in [-0.4, -0.2) is 59.2 Å². The number of nitrogens with zero attached hydrogens (tertiary/aromatic N) is 4. The van der Waals surface area contributed by atoms with Crippen LogP contribution in [0.4, 0.5) is 11.8 Å². The molecule has 0 bridgehead atoms. The lowest BCUT2D eigenvalue weighted by Gasteiger charge is -2.24. The van der Waals surface area contributed by atoms with E-state index in [0.717, 1.165) is 24.4 Å². The number of pyridine rings is 1. The molecule has 0 saturated heterocycles. The van der Waals surface area contributed by atoms with E-state index in [4.69, 9.17) is 15.2 Å². The normalized spacial score (nSPS) is 11.3. The van der Waals surface area contributed by atoms with Crippen molar-refractivity contribution < 1.29 is 14.6 Å². The average Bonchev–Trinajstić information content (AvgIpc) is 2.98. The lowest BCUT2D eigenvalue weighted by molar-refractivity contribution is 0.0628. The maximum atomic E-state index is 10.4. The number of hydrogen-bond donors (Lipinski definition) is 2. The van der Waals surface area contributed by atoms with Crippen LogP contribution in [0.25, 0.3) is 11.0 Å². The highest BCUT2D eigenvalue weighted by Gasteiger charge is 2.24. The van der Waals surface area contributed by atoms with Gasteiger partial charge in [-0.1, -0.05) is 20.8 Å². The minimum absolute atomic E-state index is 0.342. The fourth-order valence-electron chi connectivity index (χ4n) is 2.72. The number of fused-ring (bicyclic) bond motifs is 1. The third kappa shape index (κ3) is 5.97. The third-order valence-corrected chi connectivity index (χ3v) is 3.73. The molecule has 154 valence electrons. The zero-order valence-corrected chi connectivity index (χ0v) is 17.7. The lowest BCUT2D eigenvalue weighted by atomic mass is 10.1. The highest BCUT2D eigenvalue weighted by atomic mass is 16.5. The quantitative estimate of drug-likeness (QED) is 0.644. The zero-order valence-electron chi connectivity index (χ0n) is 17.7. The zero-order chi connectivity index (χ0) is 20.6. The highest BCUT2D eigenvalue weighted by Crippen LogP contribution is 2.33. The summed E-state index contributed by atoms with van der Waals surface area (Å²) in [5.41, 5.74) is 6.45. The van der Waals surface area contributed by atoms with Gasteiger partial charge >= 0.3 is 0 Å². The van der Waals surface area contributed by atoms with E-state index in [9.17, 15) is 5.11 Å². The van der Waals surface area contributed by atoms with E-state index in [1.54, 1.807) is 27.2 Å². The van der Waals surface area contributed by atoms with Gasteiger partial charge in [0.2, 0.25) is 5.95 Å². The van der Waals surface area contributed by atoms with Gasteiger partial charge in [-0.3, -0.25) is 0 Å². The van der Waals surface area contributed by atoms with Crippen LogP contribution in [0.15, 0.2) is 6.20 Å². The van der Waals surface area contributed by atoms with Gasteiger partial charge in [-0.25, -0.2) is 9.97 Å². The lowest BCUT2D eigenvalue weighted by Crippen LogP contribution is -2.30. The van der Waals surface area contributed by atoms with Crippen molar-refractivity contribution in [2.24, 2.45) is 0 Å². The molecule has 0 saturated carbocycles. The van der Waals surface area contributed by atoms with Crippen LogP contribution >= 0.6 is 0 Å². The topological polar surface area (TPSA) is 98.7 Å². The van der Waals surface area contributed by atoms with Crippen LogP contribution in [0.2, 0.25) is 0 Å². The van der Waals surface area contributed by atoms with Gasteiger partial charge in [0.1, 0.15) is 17.6 Å². The number of hydrogen-bond acceptors (Lipinski definition) is 7. The van der Waals surface area contributed by atoms with Crippen molar-refractivity contribution >= 4 is 22.8 Å². The predicted molar refractivity (Wildman–Crippen MR) is 111 cm³/mol. The summed E-state index contributed by atoms with van der Waals surface area (Å²) in [7, 11) is 3.59. The number of rotatable bonds is 9. The second-order valence-corrected chi connectivity index (χ2v) is 6.78. The Balaban J connectivity index is 0.00000176. The first-order valence-electron chi connectivity index (χ1n) is 9.48. The molecule has 2 heterocycles. The van der Waals surface area contributed by atoms with Crippen molar-refractivity contribution in [2.75, 3.05) is 44.5 Å². The van der Waals surface area contributed by atoms with Crippen LogP contribution < -0.4 is 15.4 Å². The molecule has 0 aliphatic carbocycles. The molecule has 2 aromatic rings. The van der Waals surface area contributed by atoms with Gasteiger partial charge < -0.3 is 29.8 Å². The summed E-state index contributed by atoms with van der Waals surface area (Å²) in [6.07, 6.45) is 2.58. The van der Waals surface area contributed by atoms with Gasteiger partial charge in [0, 0.05) is 20.7 Å². The van der Waals surface area contributed by atoms with Crippen molar-refractivity contribution in [3.05, 3.63) is 6.20 Å². The molecule has 0 fully saturated rings. The Hall–Kier alpha value is -2.06. The number of methoxy groups -OCH3 is 1. The Kier molecular flexibility index (Phi) is 8.78. The summed E-state index contributed by atoms with van der Waals surface area (Å²) in [6, 6.07) is 0. The van der Waals surface area contributed by atoms with Crippen LogP contribution in [0, 0.1) is 0 Å². The van der Waals surface area contributed by atoms with Crippen molar-refractivity contribution in [3.63, 3.8) is 0 Å². The van der Waals surface area contributed by atoms with Gasteiger partial charge in [0.15, 0.2) is 11.6 Å². The summed E-state index contributed by atoms with van der Waals surface area (Å²) < 4.78 is 12.8. The van der Waals surface area contributed by atoms with Crippen LogP contribution in [0.3, 0.4) is 0 Å². The molecule has 8 heteroatoms. The summed E-state index contributed by atoms with van der Waals surface area (Å²) in [5.74, 6) is 1.65. The predicted octanol–water partition coefficient (Wildman–Crippen LogP) is 2.68. The van der Waals surface area contributed by atoms with Gasteiger partial charge in [-0.2, -0.15) is 0 Å². The molecule has 0 amide bonds. The van der Waals surface area contributed by atoms with Crippen LogP contribution in [0.1, 0.15) is 41.0 Å². The molecule has 8 nitrogen and oxygen atoms in total. The fraction of sp³-hybridized carbons (Fsp3) is 0.684. The van der Waals surface area contributed by atoms with E-state index in [0.29, 0.717) is 36.8 Å². The Labute approximate surface area is 162 Å². The molecule has 0 spiro atoms. The first-order valence-corrected chi connectivity index (χ1v) is 9.48. The standard InChI is InChI=1S/C17H29N5O3.C2H6/c1-6-7-21(4)16-20-13-14(22(16)11-17(2,3)23)12(10-19-15(13)18)25-9-8-24-5;1-2/h10,23H,6-9,11H2,1-5H3,(H2,18,19);1-2H3. The number of anilines is 2. The molecule has 2 rings (SSSR count).